The molecule has 0 unspecified atom stereocenters. The Morgan fingerprint density at radius 3 is 2.64 bits per heavy atom. The van der Waals surface area contributed by atoms with Crippen molar-refractivity contribution in [1.82, 2.24) is 19.7 Å². The summed E-state index contributed by atoms with van der Waals surface area (Å²) in [4.78, 5) is 2.57. The monoisotopic (exact) mass is 304 g/mol. The molecule has 0 aromatic carbocycles. The van der Waals surface area contributed by atoms with Crippen molar-refractivity contribution in [2.24, 2.45) is 5.92 Å². The largest absolute Gasteiger partial charge is 0.393 e. The number of nitrogens with zero attached hydrogens (tertiary/aromatic N) is 4. The van der Waals surface area contributed by atoms with Crippen molar-refractivity contribution in [2.75, 3.05) is 6.54 Å². The molecule has 1 aromatic heterocycles. The maximum atomic E-state index is 10.4. The molecule has 1 aromatic rings. The smallest absolute Gasteiger partial charge is 0.147 e. The number of hydrogen-bond donors (Lipinski definition) is 1. The second-order valence-corrected chi connectivity index (χ2v) is 7.46. The van der Waals surface area contributed by atoms with Crippen LogP contribution in [0.15, 0.2) is 0 Å². The van der Waals surface area contributed by atoms with E-state index in [1.165, 1.54) is 44.9 Å². The average molecular weight is 304 g/mol. The lowest BCUT2D eigenvalue weighted by Gasteiger charge is -2.37. The maximum Gasteiger partial charge on any atom is 0.147 e. The molecule has 3 fully saturated rings. The van der Waals surface area contributed by atoms with E-state index >= 15 is 0 Å². The number of aromatic nitrogens is 3. The van der Waals surface area contributed by atoms with Crippen LogP contribution in [0.5, 0.6) is 0 Å². The molecule has 1 N–H and O–H groups in total. The summed E-state index contributed by atoms with van der Waals surface area (Å²) in [6.45, 7) is 4.12. The second-order valence-electron chi connectivity index (χ2n) is 7.46. The molecule has 122 valence electrons. The van der Waals surface area contributed by atoms with E-state index in [9.17, 15) is 5.11 Å². The van der Waals surface area contributed by atoms with E-state index in [4.69, 9.17) is 0 Å². The highest BCUT2D eigenvalue weighted by molar-refractivity contribution is 5.03. The van der Waals surface area contributed by atoms with E-state index < -0.39 is 0 Å². The summed E-state index contributed by atoms with van der Waals surface area (Å²) in [7, 11) is 0. The third kappa shape index (κ3) is 2.69. The van der Waals surface area contributed by atoms with Crippen LogP contribution in [0.1, 0.15) is 69.1 Å². The van der Waals surface area contributed by atoms with E-state index in [-0.39, 0.29) is 6.10 Å². The highest BCUT2D eigenvalue weighted by Gasteiger charge is 2.38. The molecular formula is C17H28N4O. The molecule has 3 atom stereocenters. The third-order valence-electron chi connectivity index (χ3n) is 5.88. The van der Waals surface area contributed by atoms with Gasteiger partial charge in [-0.05, 0) is 52.0 Å². The Balaban J connectivity index is 1.49. The first-order chi connectivity index (χ1) is 10.7. The van der Waals surface area contributed by atoms with Crippen molar-refractivity contribution < 1.29 is 5.11 Å². The molecule has 1 saturated heterocycles. The molecule has 0 bridgehead atoms. The van der Waals surface area contributed by atoms with Crippen LogP contribution in [0.4, 0.5) is 0 Å². The molecule has 0 spiro atoms. The van der Waals surface area contributed by atoms with E-state index in [0.717, 1.165) is 31.2 Å². The fourth-order valence-corrected chi connectivity index (χ4v) is 4.63. The summed E-state index contributed by atoms with van der Waals surface area (Å²) in [6.07, 6.45) is 9.60. The first kappa shape index (κ1) is 14.6. The Morgan fingerprint density at radius 1 is 1.05 bits per heavy atom. The van der Waals surface area contributed by atoms with Crippen molar-refractivity contribution in [2.45, 2.75) is 83.0 Å². The molecule has 3 aliphatic rings. The van der Waals surface area contributed by atoms with Gasteiger partial charge in [-0.3, -0.25) is 4.90 Å². The van der Waals surface area contributed by atoms with E-state index in [1.807, 2.05) is 0 Å². The van der Waals surface area contributed by atoms with Crippen molar-refractivity contribution in [3.63, 3.8) is 0 Å². The van der Waals surface area contributed by atoms with Gasteiger partial charge < -0.3 is 9.67 Å². The summed E-state index contributed by atoms with van der Waals surface area (Å²) in [5.74, 6) is 2.66. The van der Waals surface area contributed by atoms with Crippen LogP contribution in [-0.4, -0.2) is 43.5 Å². The van der Waals surface area contributed by atoms with Crippen molar-refractivity contribution in [3.05, 3.63) is 11.6 Å². The molecule has 5 heteroatoms. The van der Waals surface area contributed by atoms with Crippen LogP contribution in [0, 0.1) is 12.8 Å². The van der Waals surface area contributed by atoms with Gasteiger partial charge in [0.05, 0.1) is 12.6 Å². The zero-order valence-corrected chi connectivity index (χ0v) is 13.6. The fourth-order valence-electron chi connectivity index (χ4n) is 4.63. The normalized spacial score (nSPS) is 33.5. The molecular weight excluding hydrogens is 276 g/mol. The van der Waals surface area contributed by atoms with Gasteiger partial charge in [0, 0.05) is 18.0 Å². The summed E-state index contributed by atoms with van der Waals surface area (Å²) in [5.41, 5.74) is 0. The average Bonchev–Trinajstić information content (AvgIpc) is 3.13. The molecule has 2 aliphatic carbocycles. The molecule has 2 heterocycles. The van der Waals surface area contributed by atoms with Crippen LogP contribution in [-0.2, 0) is 6.54 Å². The molecule has 5 nitrogen and oxygen atoms in total. The highest BCUT2D eigenvalue weighted by atomic mass is 16.3. The molecule has 2 saturated carbocycles. The Hall–Kier alpha value is -0.940. The molecule has 22 heavy (non-hydrogen) atoms. The Labute approximate surface area is 132 Å². The highest BCUT2D eigenvalue weighted by Crippen LogP contribution is 2.38. The lowest BCUT2D eigenvalue weighted by atomic mass is 9.80. The van der Waals surface area contributed by atoms with Gasteiger partial charge in [0.25, 0.3) is 0 Å². The van der Waals surface area contributed by atoms with Crippen LogP contribution in [0.2, 0.25) is 0 Å². The minimum Gasteiger partial charge on any atom is -0.393 e. The van der Waals surface area contributed by atoms with Crippen molar-refractivity contribution in [1.29, 1.82) is 0 Å². The van der Waals surface area contributed by atoms with Gasteiger partial charge >= 0.3 is 0 Å². The summed E-state index contributed by atoms with van der Waals surface area (Å²) in [5, 5.41) is 19.2. The number of aliphatic hydroxyl groups excluding tert-OH is 1. The summed E-state index contributed by atoms with van der Waals surface area (Å²) < 4.78 is 2.35. The fraction of sp³-hybridized carbons (Fsp3) is 0.882. The quantitative estimate of drug-likeness (QED) is 0.928. The number of hydrogen-bond acceptors (Lipinski definition) is 4. The Morgan fingerprint density at radius 2 is 1.86 bits per heavy atom. The summed E-state index contributed by atoms with van der Waals surface area (Å²) >= 11 is 0. The predicted molar refractivity (Wildman–Crippen MR) is 84.4 cm³/mol. The number of rotatable bonds is 4. The van der Waals surface area contributed by atoms with Gasteiger partial charge in [-0.15, -0.1) is 10.2 Å². The first-order valence-electron chi connectivity index (χ1n) is 9.06. The molecule has 0 radical (unpaired) electrons. The van der Waals surface area contributed by atoms with Crippen molar-refractivity contribution in [3.8, 4) is 0 Å². The Bertz CT molecular complexity index is 525. The zero-order valence-electron chi connectivity index (χ0n) is 13.6. The Kier molecular flexibility index (Phi) is 3.95. The van der Waals surface area contributed by atoms with Crippen molar-refractivity contribution >= 4 is 0 Å². The number of aryl methyl sites for hydroxylation is 1. The summed E-state index contributed by atoms with van der Waals surface area (Å²) in [6, 6.07) is 1.19. The lowest BCUT2D eigenvalue weighted by molar-refractivity contribution is 0.0193. The van der Waals surface area contributed by atoms with E-state index in [1.54, 1.807) is 0 Å². The van der Waals surface area contributed by atoms with Gasteiger partial charge in [-0.1, -0.05) is 12.8 Å². The van der Waals surface area contributed by atoms with Gasteiger partial charge in [0.1, 0.15) is 11.6 Å². The third-order valence-corrected chi connectivity index (χ3v) is 5.88. The number of aliphatic hydroxyl groups is 1. The van der Waals surface area contributed by atoms with Crippen LogP contribution in [0.25, 0.3) is 0 Å². The SMILES string of the molecule is Cc1nnc(CN2CCC[C@@H]2[C@@H]2CCCC[C@H]2O)n1C1CC1. The van der Waals surface area contributed by atoms with E-state index in [0.29, 0.717) is 18.0 Å². The molecule has 1 aliphatic heterocycles. The van der Waals surface area contributed by atoms with E-state index in [2.05, 4.69) is 26.6 Å². The van der Waals surface area contributed by atoms with Gasteiger partial charge in [-0.25, -0.2) is 0 Å². The lowest BCUT2D eigenvalue weighted by Crippen LogP contribution is -2.42. The van der Waals surface area contributed by atoms with Gasteiger partial charge in [0.2, 0.25) is 0 Å². The topological polar surface area (TPSA) is 54.2 Å². The first-order valence-corrected chi connectivity index (χ1v) is 9.06. The minimum absolute atomic E-state index is 0.0950. The van der Waals surface area contributed by atoms with Crippen LogP contribution in [0.3, 0.4) is 0 Å². The van der Waals surface area contributed by atoms with Gasteiger partial charge in [-0.2, -0.15) is 0 Å². The number of likely N-dealkylation sites (tertiary alicyclic amines) is 1. The molecule has 0 amide bonds. The standard InChI is InChI=1S/C17H28N4O/c1-12-18-19-17(21(12)13-8-9-13)11-20-10-4-6-15(20)14-5-2-3-7-16(14)22/h13-16,22H,2-11H2,1H3/t14-,15+,16+/m0/s1. The van der Waals surface area contributed by atoms with Gasteiger partial charge in [0.15, 0.2) is 0 Å². The zero-order chi connectivity index (χ0) is 15.1. The predicted octanol–water partition coefficient (Wildman–Crippen LogP) is 2.44. The van der Waals surface area contributed by atoms with Crippen LogP contribution >= 0.6 is 0 Å². The van der Waals surface area contributed by atoms with Crippen LogP contribution < -0.4 is 0 Å². The maximum absolute atomic E-state index is 10.4. The minimum atomic E-state index is -0.0950. The second kappa shape index (κ2) is 5.93. The molecule has 4 rings (SSSR count).